The van der Waals surface area contributed by atoms with Crippen LogP contribution in [-0.2, 0) is 6.54 Å². The molecule has 1 aliphatic rings. The Kier molecular flexibility index (Phi) is 5.22. The highest BCUT2D eigenvalue weighted by atomic mass is 16.3. The number of hydrogen-bond donors (Lipinski definition) is 2. The smallest absolute Gasteiger partial charge is 0.321 e. The summed E-state index contributed by atoms with van der Waals surface area (Å²) in [6.45, 7) is 5.67. The number of nitrogens with zero attached hydrogens (tertiary/aromatic N) is 3. The van der Waals surface area contributed by atoms with Gasteiger partial charge in [0.1, 0.15) is 0 Å². The summed E-state index contributed by atoms with van der Waals surface area (Å²) in [4.78, 5) is 13.8. The summed E-state index contributed by atoms with van der Waals surface area (Å²) >= 11 is 0. The number of urea groups is 1. The minimum atomic E-state index is -0.269. The van der Waals surface area contributed by atoms with Crippen LogP contribution < -0.4 is 5.32 Å². The van der Waals surface area contributed by atoms with Crippen LogP contribution >= 0.6 is 0 Å². The molecule has 0 bridgehead atoms. The Balaban J connectivity index is 1.84. The van der Waals surface area contributed by atoms with E-state index < -0.39 is 0 Å². The van der Waals surface area contributed by atoms with E-state index in [9.17, 15) is 9.90 Å². The Bertz CT molecular complexity index is 472. The molecular weight excluding hydrogens is 268 g/mol. The van der Waals surface area contributed by atoms with Crippen molar-refractivity contribution in [2.24, 2.45) is 11.8 Å². The summed E-state index contributed by atoms with van der Waals surface area (Å²) in [5.41, 5.74) is 0.708. The van der Waals surface area contributed by atoms with Crippen molar-refractivity contribution in [2.75, 3.05) is 18.9 Å². The van der Waals surface area contributed by atoms with Crippen LogP contribution in [0, 0.1) is 11.8 Å². The van der Waals surface area contributed by atoms with Gasteiger partial charge in [0.05, 0.1) is 18.0 Å². The van der Waals surface area contributed by atoms with E-state index in [4.69, 9.17) is 0 Å². The fraction of sp³-hybridized carbons (Fsp3) is 0.733. The molecule has 0 aromatic carbocycles. The van der Waals surface area contributed by atoms with E-state index in [1.54, 1.807) is 18.1 Å². The second-order valence-corrected chi connectivity index (χ2v) is 6.41. The van der Waals surface area contributed by atoms with Gasteiger partial charge in [-0.1, -0.05) is 20.3 Å². The molecule has 6 nitrogen and oxygen atoms in total. The molecule has 21 heavy (non-hydrogen) atoms. The first kappa shape index (κ1) is 15.8. The van der Waals surface area contributed by atoms with E-state index in [1.807, 2.05) is 10.9 Å². The molecule has 1 aromatic rings. The summed E-state index contributed by atoms with van der Waals surface area (Å²) in [5, 5.41) is 16.9. The first-order chi connectivity index (χ1) is 9.95. The van der Waals surface area contributed by atoms with Crippen LogP contribution in [0.4, 0.5) is 10.5 Å². The summed E-state index contributed by atoms with van der Waals surface area (Å²) in [5.74, 6) is 0.712. The average Bonchev–Trinajstić information content (AvgIpc) is 2.99. The molecule has 1 aromatic heterocycles. The predicted molar refractivity (Wildman–Crippen MR) is 82.1 cm³/mol. The lowest BCUT2D eigenvalue weighted by atomic mass is 10.1. The molecule has 118 valence electrons. The third kappa shape index (κ3) is 4.46. The largest absolute Gasteiger partial charge is 0.393 e. The number of aromatic nitrogens is 2. The highest BCUT2D eigenvalue weighted by Gasteiger charge is 2.27. The lowest BCUT2D eigenvalue weighted by Crippen LogP contribution is -2.37. The molecule has 2 N–H and O–H groups in total. The number of aliphatic hydroxyl groups excluding tert-OH is 1. The van der Waals surface area contributed by atoms with Gasteiger partial charge >= 0.3 is 6.03 Å². The first-order valence-corrected chi connectivity index (χ1v) is 7.68. The lowest BCUT2D eigenvalue weighted by Gasteiger charge is -2.23. The number of carbonyl (C=O) groups is 1. The fourth-order valence-electron chi connectivity index (χ4n) is 2.79. The normalized spacial score (nSPS) is 21.8. The maximum atomic E-state index is 12.1. The molecule has 2 unspecified atom stereocenters. The van der Waals surface area contributed by atoms with Crippen molar-refractivity contribution in [1.29, 1.82) is 0 Å². The number of carbonyl (C=O) groups excluding carboxylic acids is 1. The second kappa shape index (κ2) is 6.93. The van der Waals surface area contributed by atoms with Gasteiger partial charge in [-0.3, -0.25) is 4.68 Å². The third-order valence-electron chi connectivity index (χ3n) is 3.91. The van der Waals surface area contributed by atoms with Crippen molar-refractivity contribution in [3.63, 3.8) is 0 Å². The van der Waals surface area contributed by atoms with Gasteiger partial charge in [-0.2, -0.15) is 5.10 Å². The molecule has 1 aliphatic carbocycles. The van der Waals surface area contributed by atoms with Gasteiger partial charge in [-0.25, -0.2) is 4.79 Å². The molecule has 1 fully saturated rings. The number of amides is 2. The zero-order chi connectivity index (χ0) is 15.4. The van der Waals surface area contributed by atoms with Crippen LogP contribution in [0.3, 0.4) is 0 Å². The van der Waals surface area contributed by atoms with Crippen molar-refractivity contribution in [1.82, 2.24) is 14.7 Å². The Hall–Kier alpha value is -1.56. The van der Waals surface area contributed by atoms with Crippen LogP contribution in [0.15, 0.2) is 12.4 Å². The van der Waals surface area contributed by atoms with Gasteiger partial charge in [0.25, 0.3) is 0 Å². The highest BCUT2D eigenvalue weighted by Crippen LogP contribution is 2.26. The minimum Gasteiger partial charge on any atom is -0.393 e. The predicted octanol–water partition coefficient (Wildman–Crippen LogP) is 2.16. The Morgan fingerprint density at radius 2 is 2.33 bits per heavy atom. The Labute approximate surface area is 126 Å². The zero-order valence-corrected chi connectivity index (χ0v) is 13.1. The number of anilines is 1. The van der Waals surface area contributed by atoms with Crippen LogP contribution in [0.1, 0.15) is 33.1 Å². The van der Waals surface area contributed by atoms with Crippen molar-refractivity contribution < 1.29 is 9.90 Å². The van der Waals surface area contributed by atoms with Crippen molar-refractivity contribution in [2.45, 2.75) is 45.8 Å². The van der Waals surface area contributed by atoms with E-state index in [2.05, 4.69) is 24.3 Å². The summed E-state index contributed by atoms with van der Waals surface area (Å²) in [7, 11) is 1.76. The van der Waals surface area contributed by atoms with E-state index >= 15 is 0 Å². The van der Waals surface area contributed by atoms with Gasteiger partial charge in [-0.05, 0) is 18.8 Å². The van der Waals surface area contributed by atoms with Gasteiger partial charge in [-0.15, -0.1) is 0 Å². The number of aliphatic hydroxyl groups is 1. The standard InChI is InChI=1S/C15H26N4O2/c1-11(2)8-19-10-13(7-16-19)17-15(21)18(3)9-12-5-4-6-14(12)20/h7,10-12,14,20H,4-6,8-9H2,1-3H3,(H,17,21). The van der Waals surface area contributed by atoms with E-state index in [-0.39, 0.29) is 18.1 Å². The summed E-state index contributed by atoms with van der Waals surface area (Å²) < 4.78 is 1.83. The number of nitrogens with one attached hydrogen (secondary N) is 1. The van der Waals surface area contributed by atoms with Crippen molar-refractivity contribution in [3.8, 4) is 0 Å². The quantitative estimate of drug-likeness (QED) is 0.874. The maximum absolute atomic E-state index is 12.1. The molecule has 0 saturated heterocycles. The molecule has 1 heterocycles. The number of hydrogen-bond acceptors (Lipinski definition) is 3. The van der Waals surface area contributed by atoms with E-state index in [1.165, 1.54) is 0 Å². The van der Waals surface area contributed by atoms with Gasteiger partial charge in [0, 0.05) is 32.3 Å². The van der Waals surface area contributed by atoms with Crippen molar-refractivity contribution in [3.05, 3.63) is 12.4 Å². The highest BCUT2D eigenvalue weighted by molar-refractivity contribution is 5.88. The molecule has 0 spiro atoms. The molecule has 2 amide bonds. The number of rotatable bonds is 5. The van der Waals surface area contributed by atoms with Gasteiger partial charge in [0.2, 0.25) is 0 Å². The van der Waals surface area contributed by atoms with Crippen LogP contribution in [0.2, 0.25) is 0 Å². The van der Waals surface area contributed by atoms with E-state index in [0.29, 0.717) is 18.2 Å². The summed E-state index contributed by atoms with van der Waals surface area (Å²) in [6, 6.07) is -0.154. The topological polar surface area (TPSA) is 70.4 Å². The molecule has 0 aliphatic heterocycles. The fourth-order valence-corrected chi connectivity index (χ4v) is 2.79. The van der Waals surface area contributed by atoms with E-state index in [0.717, 1.165) is 25.8 Å². The average molecular weight is 294 g/mol. The molecule has 2 atom stereocenters. The Morgan fingerprint density at radius 3 is 2.95 bits per heavy atom. The minimum absolute atomic E-state index is 0.154. The second-order valence-electron chi connectivity index (χ2n) is 6.41. The van der Waals surface area contributed by atoms with Crippen molar-refractivity contribution >= 4 is 11.7 Å². The van der Waals surface area contributed by atoms with Crippen LogP contribution in [0.25, 0.3) is 0 Å². The summed E-state index contributed by atoms with van der Waals surface area (Å²) in [6.07, 6.45) is 6.12. The van der Waals surface area contributed by atoms with Gasteiger partial charge < -0.3 is 15.3 Å². The Morgan fingerprint density at radius 1 is 1.57 bits per heavy atom. The lowest BCUT2D eigenvalue weighted by molar-refractivity contribution is 0.116. The van der Waals surface area contributed by atoms with Crippen LogP contribution in [-0.4, -0.2) is 45.5 Å². The third-order valence-corrected chi connectivity index (χ3v) is 3.91. The van der Waals surface area contributed by atoms with Gasteiger partial charge in [0.15, 0.2) is 0 Å². The molecule has 1 saturated carbocycles. The molecular formula is C15H26N4O2. The maximum Gasteiger partial charge on any atom is 0.321 e. The van der Waals surface area contributed by atoms with Crippen LogP contribution in [0.5, 0.6) is 0 Å². The zero-order valence-electron chi connectivity index (χ0n) is 13.1. The monoisotopic (exact) mass is 294 g/mol. The molecule has 2 rings (SSSR count). The first-order valence-electron chi connectivity index (χ1n) is 7.68. The molecule has 0 radical (unpaired) electrons. The molecule has 6 heteroatoms. The SMILES string of the molecule is CC(C)Cn1cc(NC(=O)N(C)CC2CCCC2O)cn1.